The van der Waals surface area contributed by atoms with Gasteiger partial charge in [-0.05, 0) is 45.8 Å². The van der Waals surface area contributed by atoms with E-state index in [4.69, 9.17) is 5.11 Å². The number of hydrogen-bond acceptors (Lipinski definition) is 3. The summed E-state index contributed by atoms with van der Waals surface area (Å²) in [7, 11) is 0. The SMILES string of the molecule is O=C(O)Cc1ccc(/N=C/c2cccnc2Br)cc1. The van der Waals surface area contributed by atoms with E-state index in [0.717, 1.165) is 21.4 Å². The number of hydrogen-bond donors (Lipinski definition) is 1. The average molecular weight is 319 g/mol. The van der Waals surface area contributed by atoms with Gasteiger partial charge in [-0.3, -0.25) is 9.79 Å². The number of halogens is 1. The highest BCUT2D eigenvalue weighted by atomic mass is 79.9. The van der Waals surface area contributed by atoms with E-state index in [1.807, 2.05) is 12.1 Å². The number of benzene rings is 1. The molecular weight excluding hydrogens is 308 g/mol. The van der Waals surface area contributed by atoms with Crippen LogP contribution < -0.4 is 0 Å². The third-order valence-electron chi connectivity index (χ3n) is 2.43. The second-order valence-electron chi connectivity index (χ2n) is 3.88. The summed E-state index contributed by atoms with van der Waals surface area (Å²) in [5, 5.41) is 8.68. The minimum atomic E-state index is -0.837. The Morgan fingerprint density at radius 3 is 2.68 bits per heavy atom. The summed E-state index contributed by atoms with van der Waals surface area (Å²) in [6.45, 7) is 0. The molecule has 0 amide bonds. The van der Waals surface area contributed by atoms with Gasteiger partial charge in [0.1, 0.15) is 4.60 Å². The van der Waals surface area contributed by atoms with Crippen molar-refractivity contribution in [3.05, 3.63) is 58.3 Å². The van der Waals surface area contributed by atoms with E-state index in [0.29, 0.717) is 0 Å². The number of carboxylic acid groups (broad SMARTS) is 1. The fourth-order valence-corrected chi connectivity index (χ4v) is 1.87. The summed E-state index contributed by atoms with van der Waals surface area (Å²) < 4.78 is 0.737. The van der Waals surface area contributed by atoms with Crippen LogP contribution in [0.2, 0.25) is 0 Å². The van der Waals surface area contributed by atoms with Crippen LogP contribution >= 0.6 is 15.9 Å². The lowest BCUT2D eigenvalue weighted by Gasteiger charge is -1.99. The first-order chi connectivity index (χ1) is 9.15. The lowest BCUT2D eigenvalue weighted by molar-refractivity contribution is -0.136. The Bertz CT molecular complexity index is 609. The van der Waals surface area contributed by atoms with Crippen molar-refractivity contribution in [1.82, 2.24) is 4.98 Å². The maximum absolute atomic E-state index is 10.6. The Balaban J connectivity index is 2.11. The molecule has 0 aliphatic rings. The standard InChI is InChI=1S/C14H11BrN2O2/c15-14-11(2-1-7-16-14)9-17-12-5-3-10(4-6-12)8-13(18)19/h1-7,9H,8H2,(H,18,19)/b17-9+. The van der Waals surface area contributed by atoms with Gasteiger partial charge in [-0.1, -0.05) is 12.1 Å². The minimum absolute atomic E-state index is 0.0259. The number of carbonyl (C=O) groups is 1. The Hall–Kier alpha value is -2.01. The van der Waals surface area contributed by atoms with Gasteiger partial charge < -0.3 is 5.11 Å². The van der Waals surface area contributed by atoms with E-state index in [-0.39, 0.29) is 6.42 Å². The predicted octanol–water partition coefficient (Wildman–Crippen LogP) is 3.22. The first-order valence-corrected chi connectivity index (χ1v) is 6.40. The fraction of sp³-hybridized carbons (Fsp3) is 0.0714. The molecule has 1 aromatic heterocycles. The van der Waals surface area contributed by atoms with Gasteiger partial charge in [0.2, 0.25) is 0 Å². The summed E-state index contributed by atoms with van der Waals surface area (Å²) in [6, 6.07) is 10.8. The van der Waals surface area contributed by atoms with Gasteiger partial charge in [0, 0.05) is 18.0 Å². The van der Waals surface area contributed by atoms with Crippen molar-refractivity contribution in [2.24, 2.45) is 4.99 Å². The lowest BCUT2D eigenvalue weighted by atomic mass is 10.1. The molecule has 1 N–H and O–H groups in total. The van der Waals surface area contributed by atoms with Crippen LogP contribution in [0.25, 0.3) is 0 Å². The number of pyridine rings is 1. The fourth-order valence-electron chi connectivity index (χ4n) is 1.51. The molecule has 0 fully saturated rings. The van der Waals surface area contributed by atoms with Crippen LogP contribution in [0.4, 0.5) is 5.69 Å². The molecule has 0 atom stereocenters. The van der Waals surface area contributed by atoms with Gasteiger partial charge >= 0.3 is 5.97 Å². The van der Waals surface area contributed by atoms with Crippen molar-refractivity contribution in [1.29, 1.82) is 0 Å². The Morgan fingerprint density at radius 2 is 2.05 bits per heavy atom. The highest BCUT2D eigenvalue weighted by molar-refractivity contribution is 9.10. The van der Waals surface area contributed by atoms with E-state index < -0.39 is 5.97 Å². The molecular formula is C14H11BrN2O2. The summed E-state index contributed by atoms with van der Waals surface area (Å²) in [5.41, 5.74) is 2.41. The second kappa shape index (κ2) is 6.24. The van der Waals surface area contributed by atoms with Crippen molar-refractivity contribution in [2.75, 3.05) is 0 Å². The Morgan fingerprint density at radius 1 is 1.32 bits per heavy atom. The highest BCUT2D eigenvalue weighted by Gasteiger charge is 2.00. The maximum Gasteiger partial charge on any atom is 0.307 e. The molecule has 1 heterocycles. The van der Waals surface area contributed by atoms with E-state index in [1.165, 1.54) is 0 Å². The molecule has 0 aliphatic heterocycles. The number of rotatable bonds is 4. The normalized spacial score (nSPS) is 10.8. The molecule has 2 rings (SSSR count). The quantitative estimate of drug-likeness (QED) is 0.695. The molecule has 4 nitrogen and oxygen atoms in total. The van der Waals surface area contributed by atoms with Crippen LogP contribution in [-0.4, -0.2) is 22.3 Å². The molecule has 96 valence electrons. The van der Waals surface area contributed by atoms with Gasteiger partial charge in [-0.25, -0.2) is 4.98 Å². The smallest absolute Gasteiger partial charge is 0.307 e. The van der Waals surface area contributed by atoms with E-state index in [1.54, 1.807) is 36.7 Å². The van der Waals surface area contributed by atoms with Gasteiger partial charge in [-0.2, -0.15) is 0 Å². The molecule has 0 saturated heterocycles. The summed E-state index contributed by atoms with van der Waals surface area (Å²) >= 11 is 3.34. The third kappa shape index (κ3) is 3.99. The topological polar surface area (TPSA) is 62.5 Å². The van der Waals surface area contributed by atoms with E-state index >= 15 is 0 Å². The Labute approximate surface area is 119 Å². The van der Waals surface area contributed by atoms with Gasteiger partial charge in [-0.15, -0.1) is 0 Å². The highest BCUT2D eigenvalue weighted by Crippen LogP contribution is 2.15. The molecule has 19 heavy (non-hydrogen) atoms. The third-order valence-corrected chi connectivity index (χ3v) is 3.09. The monoisotopic (exact) mass is 318 g/mol. The van der Waals surface area contributed by atoms with Gasteiger partial charge in [0.05, 0.1) is 12.1 Å². The van der Waals surface area contributed by atoms with E-state index in [2.05, 4.69) is 25.9 Å². The number of carboxylic acids is 1. The van der Waals surface area contributed by atoms with Crippen molar-refractivity contribution >= 4 is 33.8 Å². The minimum Gasteiger partial charge on any atom is -0.481 e. The number of aliphatic imine (C=N–C) groups is 1. The first-order valence-electron chi connectivity index (χ1n) is 5.60. The van der Waals surface area contributed by atoms with Crippen LogP contribution in [0.5, 0.6) is 0 Å². The van der Waals surface area contributed by atoms with Crippen molar-refractivity contribution in [3.63, 3.8) is 0 Å². The van der Waals surface area contributed by atoms with Gasteiger partial charge in [0.25, 0.3) is 0 Å². The van der Waals surface area contributed by atoms with Crippen LogP contribution in [0.1, 0.15) is 11.1 Å². The molecule has 0 radical (unpaired) electrons. The molecule has 0 unspecified atom stereocenters. The lowest BCUT2D eigenvalue weighted by Crippen LogP contribution is -1.99. The maximum atomic E-state index is 10.6. The molecule has 5 heteroatoms. The molecule has 0 bridgehead atoms. The molecule has 2 aromatic rings. The molecule has 0 spiro atoms. The predicted molar refractivity (Wildman–Crippen MR) is 77.0 cm³/mol. The first kappa shape index (κ1) is 13.4. The van der Waals surface area contributed by atoms with Crippen LogP contribution in [0, 0.1) is 0 Å². The summed E-state index contributed by atoms with van der Waals surface area (Å²) in [6.07, 6.45) is 3.43. The second-order valence-corrected chi connectivity index (χ2v) is 4.63. The number of aromatic nitrogens is 1. The van der Waals surface area contributed by atoms with Crippen molar-refractivity contribution in [2.45, 2.75) is 6.42 Å². The molecule has 1 aromatic carbocycles. The number of nitrogens with zero attached hydrogens (tertiary/aromatic N) is 2. The zero-order valence-electron chi connectivity index (χ0n) is 9.95. The summed E-state index contributed by atoms with van der Waals surface area (Å²) in [5.74, 6) is -0.837. The summed E-state index contributed by atoms with van der Waals surface area (Å²) in [4.78, 5) is 19.0. The van der Waals surface area contributed by atoms with Crippen molar-refractivity contribution in [3.8, 4) is 0 Å². The van der Waals surface area contributed by atoms with Gasteiger partial charge in [0.15, 0.2) is 0 Å². The van der Waals surface area contributed by atoms with E-state index in [9.17, 15) is 4.79 Å². The van der Waals surface area contributed by atoms with Crippen LogP contribution in [0.15, 0.2) is 52.2 Å². The zero-order valence-corrected chi connectivity index (χ0v) is 11.5. The van der Waals surface area contributed by atoms with Crippen LogP contribution in [0.3, 0.4) is 0 Å². The average Bonchev–Trinajstić information content (AvgIpc) is 2.39. The zero-order chi connectivity index (χ0) is 13.7. The Kier molecular flexibility index (Phi) is 4.41. The molecule has 0 saturated carbocycles. The van der Waals surface area contributed by atoms with Crippen molar-refractivity contribution < 1.29 is 9.90 Å². The van der Waals surface area contributed by atoms with Crippen LogP contribution in [-0.2, 0) is 11.2 Å². The largest absolute Gasteiger partial charge is 0.481 e. The number of aliphatic carboxylic acids is 1. The molecule has 0 aliphatic carbocycles.